The molecule has 1 aliphatic rings. The number of piperidine rings is 1. The molecule has 0 aliphatic carbocycles. The van der Waals surface area contributed by atoms with Crippen LogP contribution in [0.25, 0.3) is 11.4 Å². The summed E-state index contributed by atoms with van der Waals surface area (Å²) in [5, 5.41) is 7.76. The fourth-order valence-corrected chi connectivity index (χ4v) is 3.86. The van der Waals surface area contributed by atoms with Gasteiger partial charge < -0.3 is 9.84 Å². The highest BCUT2D eigenvalue weighted by Crippen LogP contribution is 2.24. The van der Waals surface area contributed by atoms with Crippen LogP contribution in [0.2, 0.25) is 5.02 Å². The zero-order valence-electron chi connectivity index (χ0n) is 17.2. The third-order valence-electron chi connectivity index (χ3n) is 5.50. The van der Waals surface area contributed by atoms with Crippen molar-refractivity contribution in [1.29, 1.82) is 0 Å². The minimum absolute atomic E-state index is 0.00753. The fraction of sp³-hybridized carbons (Fsp3) is 0.348. The second-order valence-electron chi connectivity index (χ2n) is 7.88. The van der Waals surface area contributed by atoms with Gasteiger partial charge in [0.2, 0.25) is 17.6 Å². The first kappa shape index (κ1) is 20.6. The largest absolute Gasteiger partial charge is 0.338 e. The summed E-state index contributed by atoms with van der Waals surface area (Å²) in [6.45, 7) is 6.21. The van der Waals surface area contributed by atoms with E-state index in [2.05, 4.69) is 20.4 Å². The summed E-state index contributed by atoms with van der Waals surface area (Å²) in [4.78, 5) is 19.4. The average molecular weight is 425 g/mol. The lowest BCUT2D eigenvalue weighted by Crippen LogP contribution is -2.37. The summed E-state index contributed by atoms with van der Waals surface area (Å²) in [6.07, 6.45) is 1.59. The predicted molar refractivity (Wildman–Crippen MR) is 117 cm³/mol. The molecular formula is C23H25ClN4O2. The van der Waals surface area contributed by atoms with Crippen LogP contribution in [0.3, 0.4) is 0 Å². The maximum absolute atomic E-state index is 12.6. The van der Waals surface area contributed by atoms with Gasteiger partial charge in [0.1, 0.15) is 0 Å². The van der Waals surface area contributed by atoms with Gasteiger partial charge in [0.25, 0.3) is 0 Å². The van der Waals surface area contributed by atoms with Gasteiger partial charge >= 0.3 is 0 Å². The van der Waals surface area contributed by atoms with E-state index in [0.29, 0.717) is 23.3 Å². The maximum atomic E-state index is 12.6. The number of hydrogen-bond donors (Lipinski definition) is 1. The Bertz CT molecular complexity index is 1040. The van der Waals surface area contributed by atoms with E-state index in [9.17, 15) is 4.79 Å². The molecule has 1 saturated heterocycles. The van der Waals surface area contributed by atoms with Crippen LogP contribution in [0.5, 0.6) is 0 Å². The molecule has 4 rings (SSSR count). The van der Waals surface area contributed by atoms with Gasteiger partial charge in [0.15, 0.2) is 0 Å². The topological polar surface area (TPSA) is 71.3 Å². The van der Waals surface area contributed by atoms with Crippen LogP contribution in [0.4, 0.5) is 5.69 Å². The number of halogens is 1. The van der Waals surface area contributed by atoms with Crippen LogP contribution < -0.4 is 5.32 Å². The summed E-state index contributed by atoms with van der Waals surface area (Å²) in [6, 6.07) is 13.6. The summed E-state index contributed by atoms with van der Waals surface area (Å²) in [5.74, 6) is 1.25. The van der Waals surface area contributed by atoms with Crippen LogP contribution in [-0.2, 0) is 11.3 Å². The number of benzene rings is 2. The number of carbonyl (C=O) groups excluding carboxylic acids is 1. The van der Waals surface area contributed by atoms with Crippen molar-refractivity contribution in [3.8, 4) is 11.4 Å². The van der Waals surface area contributed by atoms with E-state index in [0.717, 1.165) is 48.3 Å². The second kappa shape index (κ2) is 8.98. The maximum Gasteiger partial charge on any atom is 0.241 e. The van der Waals surface area contributed by atoms with E-state index in [-0.39, 0.29) is 11.8 Å². The molecule has 0 saturated carbocycles. The molecule has 0 bridgehead atoms. The molecule has 30 heavy (non-hydrogen) atoms. The van der Waals surface area contributed by atoms with Crippen molar-refractivity contribution in [2.24, 2.45) is 5.92 Å². The monoisotopic (exact) mass is 424 g/mol. The number of carbonyl (C=O) groups is 1. The molecule has 2 aromatic carbocycles. The lowest BCUT2D eigenvalue weighted by atomic mass is 9.96. The Hall–Kier alpha value is -2.70. The molecule has 1 aromatic heterocycles. The Kier molecular flexibility index (Phi) is 6.16. The number of aromatic nitrogens is 2. The van der Waals surface area contributed by atoms with Crippen LogP contribution in [-0.4, -0.2) is 34.0 Å². The van der Waals surface area contributed by atoms with Crippen LogP contribution in [0.1, 0.15) is 29.9 Å². The van der Waals surface area contributed by atoms with Crippen molar-refractivity contribution in [3.63, 3.8) is 0 Å². The van der Waals surface area contributed by atoms with Gasteiger partial charge in [-0.3, -0.25) is 9.69 Å². The van der Waals surface area contributed by atoms with Crippen LogP contribution in [0, 0.1) is 19.8 Å². The Labute approximate surface area is 181 Å². The minimum Gasteiger partial charge on any atom is -0.338 e. The molecule has 1 fully saturated rings. The molecule has 1 aliphatic heterocycles. The van der Waals surface area contributed by atoms with Crippen molar-refractivity contribution in [1.82, 2.24) is 15.0 Å². The number of amides is 1. The Morgan fingerprint density at radius 1 is 1.20 bits per heavy atom. The van der Waals surface area contributed by atoms with Gasteiger partial charge in [-0.05, 0) is 63.5 Å². The molecule has 2 heterocycles. The first-order chi connectivity index (χ1) is 14.5. The van der Waals surface area contributed by atoms with Gasteiger partial charge in [-0.1, -0.05) is 46.6 Å². The van der Waals surface area contributed by atoms with Crippen molar-refractivity contribution in [2.75, 3.05) is 18.4 Å². The zero-order valence-corrected chi connectivity index (χ0v) is 17.9. The number of likely N-dealkylation sites (tertiary alicyclic amines) is 1. The van der Waals surface area contributed by atoms with E-state index in [1.807, 2.05) is 50.2 Å². The van der Waals surface area contributed by atoms with Gasteiger partial charge in [-0.2, -0.15) is 4.98 Å². The lowest BCUT2D eigenvalue weighted by Gasteiger charge is -2.30. The van der Waals surface area contributed by atoms with Crippen molar-refractivity contribution in [3.05, 3.63) is 64.5 Å². The Balaban J connectivity index is 1.29. The highest BCUT2D eigenvalue weighted by molar-refractivity contribution is 6.31. The number of rotatable bonds is 5. The summed E-state index contributed by atoms with van der Waals surface area (Å²) >= 11 is 6.15. The molecule has 156 valence electrons. The molecular weight excluding hydrogens is 400 g/mol. The smallest absolute Gasteiger partial charge is 0.241 e. The molecule has 1 amide bonds. The van der Waals surface area contributed by atoms with Crippen LogP contribution in [0.15, 0.2) is 47.0 Å². The van der Waals surface area contributed by atoms with Crippen molar-refractivity contribution < 1.29 is 9.32 Å². The zero-order chi connectivity index (χ0) is 21.1. The second-order valence-corrected chi connectivity index (χ2v) is 8.29. The van der Waals surface area contributed by atoms with E-state index in [1.165, 1.54) is 0 Å². The molecule has 0 atom stereocenters. The minimum atomic E-state index is -0.00753. The molecule has 0 radical (unpaired) electrons. The third-order valence-corrected chi connectivity index (χ3v) is 5.91. The highest BCUT2D eigenvalue weighted by atomic mass is 35.5. The van der Waals surface area contributed by atoms with Gasteiger partial charge in [0.05, 0.1) is 6.54 Å². The standard InChI is InChI=1S/C23H25ClN4O2/c1-15-4-3-5-18(12-15)22-26-21(30-27-22)14-28-10-8-17(9-11-28)23(29)25-19-7-6-16(2)20(24)13-19/h3-7,12-13,17H,8-11,14H2,1-2H3,(H,25,29). The normalized spacial score (nSPS) is 15.3. The first-order valence-electron chi connectivity index (χ1n) is 10.2. The van der Waals surface area contributed by atoms with Crippen molar-refractivity contribution in [2.45, 2.75) is 33.2 Å². The third kappa shape index (κ3) is 4.89. The summed E-state index contributed by atoms with van der Waals surface area (Å²) < 4.78 is 5.44. The Morgan fingerprint density at radius 3 is 2.73 bits per heavy atom. The number of anilines is 1. The predicted octanol–water partition coefficient (Wildman–Crippen LogP) is 4.86. The van der Waals surface area contributed by atoms with Gasteiger partial charge in [0, 0.05) is 22.2 Å². The van der Waals surface area contributed by atoms with Crippen molar-refractivity contribution >= 4 is 23.2 Å². The molecule has 0 unspecified atom stereocenters. The number of nitrogens with zero attached hydrogens (tertiary/aromatic N) is 3. The molecule has 3 aromatic rings. The van der Waals surface area contributed by atoms with E-state index in [4.69, 9.17) is 16.1 Å². The number of aryl methyl sites for hydroxylation is 2. The molecule has 0 spiro atoms. The number of hydrogen-bond acceptors (Lipinski definition) is 5. The number of nitrogens with one attached hydrogen (secondary N) is 1. The fourth-order valence-electron chi connectivity index (χ4n) is 3.68. The SMILES string of the molecule is Cc1cccc(-c2noc(CN3CCC(C(=O)Nc4ccc(C)c(Cl)c4)CC3)n2)c1. The lowest BCUT2D eigenvalue weighted by molar-refractivity contribution is -0.121. The van der Waals surface area contributed by atoms with Gasteiger partial charge in [-0.15, -0.1) is 0 Å². The highest BCUT2D eigenvalue weighted by Gasteiger charge is 2.26. The van der Waals surface area contributed by atoms with E-state index >= 15 is 0 Å². The van der Waals surface area contributed by atoms with E-state index < -0.39 is 0 Å². The van der Waals surface area contributed by atoms with Crippen LogP contribution >= 0.6 is 11.6 Å². The van der Waals surface area contributed by atoms with E-state index in [1.54, 1.807) is 6.07 Å². The Morgan fingerprint density at radius 2 is 2.00 bits per heavy atom. The summed E-state index contributed by atoms with van der Waals surface area (Å²) in [7, 11) is 0. The average Bonchev–Trinajstić information content (AvgIpc) is 3.20. The molecule has 1 N–H and O–H groups in total. The molecule has 7 heteroatoms. The first-order valence-corrected chi connectivity index (χ1v) is 10.5. The van der Waals surface area contributed by atoms with Gasteiger partial charge in [-0.25, -0.2) is 0 Å². The quantitative estimate of drug-likeness (QED) is 0.633. The summed E-state index contributed by atoms with van der Waals surface area (Å²) in [5.41, 5.74) is 3.85. The molecule has 6 nitrogen and oxygen atoms in total.